The van der Waals surface area contributed by atoms with Gasteiger partial charge < -0.3 is 10.4 Å². The molecule has 1 aliphatic rings. The number of aliphatic hydroxyl groups is 1. The van der Waals surface area contributed by atoms with E-state index in [1.165, 1.54) is 24.9 Å². The van der Waals surface area contributed by atoms with Crippen LogP contribution in [0, 0.1) is 0 Å². The number of rotatable bonds is 7. The molecule has 3 nitrogen and oxygen atoms in total. The minimum Gasteiger partial charge on any atom is -0.396 e. The summed E-state index contributed by atoms with van der Waals surface area (Å²) in [7, 11) is 0. The van der Waals surface area contributed by atoms with Gasteiger partial charge in [-0.15, -0.1) is 0 Å². The molecule has 0 spiro atoms. The highest BCUT2D eigenvalue weighted by Gasteiger charge is 2.25. The lowest BCUT2D eigenvalue weighted by atomic mass is 9.96. The Hall–Kier alpha value is -0.900. The van der Waals surface area contributed by atoms with E-state index in [-0.39, 0.29) is 0 Å². The second-order valence-electron chi connectivity index (χ2n) is 6.46. The number of aliphatic hydroxyl groups excluding tert-OH is 1. The van der Waals surface area contributed by atoms with Crippen LogP contribution in [0.5, 0.6) is 0 Å². The van der Waals surface area contributed by atoms with Gasteiger partial charge in [0.25, 0.3) is 0 Å². The van der Waals surface area contributed by atoms with Crippen LogP contribution in [-0.2, 0) is 6.54 Å². The van der Waals surface area contributed by atoms with Gasteiger partial charge in [0.15, 0.2) is 0 Å². The molecule has 21 heavy (non-hydrogen) atoms. The van der Waals surface area contributed by atoms with E-state index >= 15 is 0 Å². The Labute approximate surface area is 129 Å². The third kappa shape index (κ3) is 5.42. The Morgan fingerprint density at radius 3 is 2.76 bits per heavy atom. The lowest BCUT2D eigenvalue weighted by Crippen LogP contribution is -2.49. The topological polar surface area (TPSA) is 35.5 Å². The third-order valence-electron chi connectivity index (χ3n) is 4.56. The van der Waals surface area contributed by atoms with Crippen LogP contribution in [-0.4, -0.2) is 41.3 Å². The molecule has 3 atom stereocenters. The van der Waals surface area contributed by atoms with Crippen LogP contribution in [0.3, 0.4) is 0 Å². The maximum Gasteiger partial charge on any atom is 0.0431 e. The van der Waals surface area contributed by atoms with Crippen LogP contribution in [0.15, 0.2) is 30.3 Å². The minimum atomic E-state index is 0.304. The van der Waals surface area contributed by atoms with Gasteiger partial charge >= 0.3 is 0 Å². The van der Waals surface area contributed by atoms with Gasteiger partial charge in [-0.1, -0.05) is 30.3 Å². The van der Waals surface area contributed by atoms with Gasteiger partial charge in [0, 0.05) is 37.8 Å². The highest BCUT2D eigenvalue weighted by molar-refractivity contribution is 5.14. The van der Waals surface area contributed by atoms with Gasteiger partial charge in [0.05, 0.1) is 0 Å². The van der Waals surface area contributed by atoms with Crippen LogP contribution in [0.2, 0.25) is 0 Å². The Kier molecular flexibility index (Phi) is 6.68. The third-order valence-corrected chi connectivity index (χ3v) is 4.56. The molecule has 0 aliphatic carbocycles. The SMILES string of the molecule is CC(CCCO)NC1CCN(Cc2ccccc2)C(C)C1. The Morgan fingerprint density at radius 2 is 2.10 bits per heavy atom. The van der Waals surface area contributed by atoms with E-state index in [0.29, 0.717) is 24.7 Å². The second-order valence-corrected chi connectivity index (χ2v) is 6.46. The molecule has 1 heterocycles. The van der Waals surface area contributed by atoms with E-state index in [9.17, 15) is 0 Å². The van der Waals surface area contributed by atoms with Gasteiger partial charge in [-0.25, -0.2) is 0 Å². The number of nitrogens with one attached hydrogen (secondary N) is 1. The zero-order valence-electron chi connectivity index (χ0n) is 13.5. The summed E-state index contributed by atoms with van der Waals surface area (Å²) in [5.74, 6) is 0. The van der Waals surface area contributed by atoms with Crippen molar-refractivity contribution < 1.29 is 5.11 Å². The molecule has 118 valence electrons. The van der Waals surface area contributed by atoms with E-state index in [1.807, 2.05) is 0 Å². The lowest BCUT2D eigenvalue weighted by Gasteiger charge is -2.39. The Balaban J connectivity index is 1.76. The first-order valence-corrected chi connectivity index (χ1v) is 8.34. The molecule has 3 heteroatoms. The fourth-order valence-corrected chi connectivity index (χ4v) is 3.31. The molecular weight excluding hydrogens is 260 g/mol. The molecule has 2 rings (SSSR count). The number of piperidine rings is 1. The first-order valence-electron chi connectivity index (χ1n) is 8.34. The van der Waals surface area contributed by atoms with Crippen LogP contribution in [0.25, 0.3) is 0 Å². The van der Waals surface area contributed by atoms with Gasteiger partial charge in [-0.2, -0.15) is 0 Å². The zero-order valence-corrected chi connectivity index (χ0v) is 13.5. The van der Waals surface area contributed by atoms with Gasteiger partial charge in [0.1, 0.15) is 0 Å². The van der Waals surface area contributed by atoms with Crippen LogP contribution in [0.1, 0.15) is 45.1 Å². The van der Waals surface area contributed by atoms with Crippen LogP contribution < -0.4 is 5.32 Å². The monoisotopic (exact) mass is 290 g/mol. The second kappa shape index (κ2) is 8.52. The Bertz CT molecular complexity index is 395. The number of hydrogen-bond acceptors (Lipinski definition) is 3. The molecule has 0 amide bonds. The average molecular weight is 290 g/mol. The maximum absolute atomic E-state index is 8.90. The van der Waals surface area contributed by atoms with Gasteiger partial charge in [-0.05, 0) is 45.1 Å². The van der Waals surface area contributed by atoms with Crippen LogP contribution in [0.4, 0.5) is 0 Å². The minimum absolute atomic E-state index is 0.304. The first-order chi connectivity index (χ1) is 10.2. The normalized spacial score (nSPS) is 24.9. The zero-order chi connectivity index (χ0) is 15.1. The summed E-state index contributed by atoms with van der Waals surface area (Å²) in [6, 6.07) is 12.5. The molecule has 1 saturated heterocycles. The standard InChI is InChI=1S/C18H30N2O/c1-15(7-6-12-21)19-18-10-11-20(16(2)13-18)14-17-8-4-3-5-9-17/h3-5,8-9,15-16,18-19,21H,6-7,10-14H2,1-2H3. The summed E-state index contributed by atoms with van der Waals surface area (Å²) in [5, 5.41) is 12.6. The summed E-state index contributed by atoms with van der Waals surface area (Å²) in [5.41, 5.74) is 1.41. The van der Waals surface area contributed by atoms with Crippen LogP contribution >= 0.6 is 0 Å². The molecule has 1 fully saturated rings. The highest BCUT2D eigenvalue weighted by atomic mass is 16.2. The molecule has 1 aromatic rings. The molecular formula is C18H30N2O. The summed E-state index contributed by atoms with van der Waals surface area (Å²) < 4.78 is 0. The molecule has 2 N–H and O–H groups in total. The molecule has 0 saturated carbocycles. The molecule has 1 aliphatic heterocycles. The van der Waals surface area contributed by atoms with Crippen molar-refractivity contribution in [2.45, 2.75) is 64.2 Å². The van der Waals surface area contributed by atoms with Crippen molar-refractivity contribution in [3.05, 3.63) is 35.9 Å². The van der Waals surface area contributed by atoms with Crippen molar-refractivity contribution in [3.8, 4) is 0 Å². The largest absolute Gasteiger partial charge is 0.396 e. The number of nitrogens with zero attached hydrogens (tertiary/aromatic N) is 1. The fraction of sp³-hybridized carbons (Fsp3) is 0.667. The molecule has 0 bridgehead atoms. The fourth-order valence-electron chi connectivity index (χ4n) is 3.31. The van der Waals surface area contributed by atoms with Gasteiger partial charge in [0.2, 0.25) is 0 Å². The maximum atomic E-state index is 8.90. The summed E-state index contributed by atoms with van der Waals surface area (Å²) in [4.78, 5) is 2.59. The van der Waals surface area contributed by atoms with E-state index < -0.39 is 0 Å². The summed E-state index contributed by atoms with van der Waals surface area (Å²) >= 11 is 0. The van der Waals surface area contributed by atoms with Crippen molar-refractivity contribution >= 4 is 0 Å². The van der Waals surface area contributed by atoms with E-state index in [2.05, 4.69) is 54.4 Å². The van der Waals surface area contributed by atoms with Crippen molar-refractivity contribution in [1.29, 1.82) is 0 Å². The molecule has 0 aromatic heterocycles. The van der Waals surface area contributed by atoms with Crippen molar-refractivity contribution in [2.24, 2.45) is 0 Å². The van der Waals surface area contributed by atoms with Crippen molar-refractivity contribution in [3.63, 3.8) is 0 Å². The van der Waals surface area contributed by atoms with E-state index in [1.54, 1.807) is 0 Å². The lowest BCUT2D eigenvalue weighted by molar-refractivity contribution is 0.124. The first kappa shape index (κ1) is 16.5. The molecule has 3 unspecified atom stereocenters. The number of benzene rings is 1. The number of hydrogen-bond donors (Lipinski definition) is 2. The quantitative estimate of drug-likeness (QED) is 0.810. The Morgan fingerprint density at radius 1 is 1.33 bits per heavy atom. The molecule has 1 aromatic carbocycles. The predicted octanol–water partition coefficient (Wildman–Crippen LogP) is 2.79. The highest BCUT2D eigenvalue weighted by Crippen LogP contribution is 2.20. The number of likely N-dealkylation sites (tertiary alicyclic amines) is 1. The molecule has 0 radical (unpaired) electrons. The summed E-state index contributed by atoms with van der Waals surface area (Å²) in [6.45, 7) is 7.11. The average Bonchev–Trinajstić information content (AvgIpc) is 2.49. The van der Waals surface area contributed by atoms with Crippen molar-refractivity contribution in [2.75, 3.05) is 13.2 Å². The van der Waals surface area contributed by atoms with E-state index in [4.69, 9.17) is 5.11 Å². The van der Waals surface area contributed by atoms with Crippen molar-refractivity contribution in [1.82, 2.24) is 10.2 Å². The summed E-state index contributed by atoms with van der Waals surface area (Å²) in [6.07, 6.45) is 4.41. The smallest absolute Gasteiger partial charge is 0.0431 e. The predicted molar refractivity (Wildman–Crippen MR) is 88.3 cm³/mol. The van der Waals surface area contributed by atoms with E-state index in [0.717, 1.165) is 19.4 Å². The van der Waals surface area contributed by atoms with Gasteiger partial charge in [-0.3, -0.25) is 4.90 Å².